The SMILES string of the molecule is Cc1nnc(NC(=O)CSc2nnc(CNC(=O)c3c(F)cccc3Cl)n2-c2cccc(Cl)c2)s1. The van der Waals surface area contributed by atoms with Crippen molar-refractivity contribution in [3.8, 4) is 5.69 Å². The van der Waals surface area contributed by atoms with Crippen molar-refractivity contribution < 1.29 is 14.0 Å². The summed E-state index contributed by atoms with van der Waals surface area (Å²) in [6.45, 7) is 1.70. The average molecular weight is 552 g/mol. The summed E-state index contributed by atoms with van der Waals surface area (Å²) in [6.07, 6.45) is 0. The molecule has 0 aliphatic carbocycles. The highest BCUT2D eigenvalue weighted by Gasteiger charge is 2.20. The van der Waals surface area contributed by atoms with Crippen molar-refractivity contribution in [1.82, 2.24) is 30.3 Å². The van der Waals surface area contributed by atoms with Gasteiger partial charge in [0.05, 0.1) is 28.6 Å². The Bertz CT molecular complexity index is 1380. The second-order valence-electron chi connectivity index (χ2n) is 6.96. The lowest BCUT2D eigenvalue weighted by atomic mass is 10.2. The molecule has 2 aromatic heterocycles. The van der Waals surface area contributed by atoms with Gasteiger partial charge < -0.3 is 5.32 Å². The van der Waals surface area contributed by atoms with Crippen LogP contribution in [0, 0.1) is 12.7 Å². The minimum Gasteiger partial charge on any atom is -0.345 e. The fourth-order valence-electron chi connectivity index (χ4n) is 2.98. The molecule has 2 aromatic carbocycles. The topological polar surface area (TPSA) is 115 Å². The highest BCUT2D eigenvalue weighted by Crippen LogP contribution is 2.25. The summed E-state index contributed by atoms with van der Waals surface area (Å²) in [5, 5.41) is 23.3. The normalized spacial score (nSPS) is 10.9. The first kappa shape index (κ1) is 25.0. The van der Waals surface area contributed by atoms with Crippen LogP contribution in [0.5, 0.6) is 0 Å². The summed E-state index contributed by atoms with van der Waals surface area (Å²) in [5.74, 6) is -1.37. The number of aromatic nitrogens is 5. The maximum Gasteiger partial charge on any atom is 0.256 e. The van der Waals surface area contributed by atoms with Crippen LogP contribution in [0.4, 0.5) is 9.52 Å². The van der Waals surface area contributed by atoms with Gasteiger partial charge in [0, 0.05) is 5.02 Å². The molecule has 4 aromatic rings. The molecule has 0 aliphatic heterocycles. The lowest BCUT2D eigenvalue weighted by Crippen LogP contribution is -2.26. The van der Waals surface area contributed by atoms with Crippen LogP contribution in [0.1, 0.15) is 21.2 Å². The Morgan fingerprint density at radius 1 is 1.11 bits per heavy atom. The van der Waals surface area contributed by atoms with Crippen molar-refractivity contribution in [3.05, 3.63) is 74.7 Å². The second-order valence-corrected chi connectivity index (χ2v) is 9.92. The number of halogens is 3. The third-order valence-corrected chi connectivity index (χ3v) is 6.70. The van der Waals surface area contributed by atoms with Crippen LogP contribution in [0.15, 0.2) is 47.6 Å². The standard InChI is InChI=1S/C21H16Cl2FN7O2S2/c1-11-27-29-20(35-11)26-17(32)10-34-21-30-28-16(31(21)13-5-2-4-12(22)8-13)9-25-19(33)18-14(23)6-3-7-15(18)24/h2-8H,9-10H2,1H3,(H,25,33)(H,26,29,32). The van der Waals surface area contributed by atoms with E-state index in [-0.39, 0.29) is 28.8 Å². The molecule has 0 fully saturated rings. The summed E-state index contributed by atoms with van der Waals surface area (Å²) in [7, 11) is 0. The first-order valence-corrected chi connectivity index (χ1v) is 12.5. The predicted octanol–water partition coefficient (Wildman–Crippen LogP) is 4.53. The predicted molar refractivity (Wildman–Crippen MR) is 133 cm³/mol. The number of benzene rings is 2. The summed E-state index contributed by atoms with van der Waals surface area (Å²) in [6, 6.07) is 10.9. The number of rotatable bonds is 8. The second kappa shape index (κ2) is 11.1. The van der Waals surface area contributed by atoms with Crippen molar-refractivity contribution in [3.63, 3.8) is 0 Å². The van der Waals surface area contributed by atoms with Crippen molar-refractivity contribution >= 4 is 63.2 Å². The molecule has 0 aliphatic rings. The molecule has 2 amide bonds. The van der Waals surface area contributed by atoms with E-state index in [1.807, 2.05) is 0 Å². The monoisotopic (exact) mass is 551 g/mol. The van der Waals surface area contributed by atoms with Gasteiger partial charge in [-0.15, -0.1) is 20.4 Å². The van der Waals surface area contributed by atoms with E-state index >= 15 is 0 Å². The van der Waals surface area contributed by atoms with E-state index in [1.54, 1.807) is 35.8 Å². The Hall–Kier alpha value is -3.06. The molecular weight excluding hydrogens is 536 g/mol. The number of thioether (sulfide) groups is 1. The largest absolute Gasteiger partial charge is 0.345 e. The van der Waals surface area contributed by atoms with Crippen LogP contribution >= 0.6 is 46.3 Å². The molecular formula is C21H16Cl2FN7O2S2. The van der Waals surface area contributed by atoms with Gasteiger partial charge in [0.25, 0.3) is 5.91 Å². The van der Waals surface area contributed by atoms with Crippen LogP contribution < -0.4 is 10.6 Å². The number of nitrogens with one attached hydrogen (secondary N) is 2. The van der Waals surface area contributed by atoms with Crippen molar-refractivity contribution in [2.45, 2.75) is 18.6 Å². The molecule has 0 bridgehead atoms. The fraction of sp³-hybridized carbons (Fsp3) is 0.143. The van der Waals surface area contributed by atoms with E-state index in [4.69, 9.17) is 23.2 Å². The summed E-state index contributed by atoms with van der Waals surface area (Å²) < 4.78 is 15.8. The first-order valence-electron chi connectivity index (χ1n) is 9.97. The van der Waals surface area contributed by atoms with Crippen LogP contribution in [-0.4, -0.2) is 42.5 Å². The Morgan fingerprint density at radius 3 is 2.63 bits per heavy atom. The smallest absolute Gasteiger partial charge is 0.256 e. The molecule has 4 rings (SSSR count). The van der Waals surface area contributed by atoms with E-state index < -0.39 is 11.7 Å². The van der Waals surface area contributed by atoms with Gasteiger partial charge >= 0.3 is 0 Å². The van der Waals surface area contributed by atoms with Gasteiger partial charge in [-0.05, 0) is 37.3 Å². The number of hydrogen-bond donors (Lipinski definition) is 2. The maximum absolute atomic E-state index is 14.1. The van der Waals surface area contributed by atoms with Crippen LogP contribution in [0.2, 0.25) is 10.0 Å². The summed E-state index contributed by atoms with van der Waals surface area (Å²) in [4.78, 5) is 24.9. The minimum atomic E-state index is -0.737. The summed E-state index contributed by atoms with van der Waals surface area (Å²) >= 11 is 14.6. The zero-order valence-electron chi connectivity index (χ0n) is 18.0. The summed E-state index contributed by atoms with van der Waals surface area (Å²) in [5.41, 5.74) is 0.361. The van der Waals surface area contributed by atoms with Gasteiger partial charge in [0.2, 0.25) is 11.0 Å². The molecule has 35 heavy (non-hydrogen) atoms. The Balaban J connectivity index is 1.53. The number of aryl methyl sites for hydroxylation is 1. The van der Waals surface area contributed by atoms with E-state index in [2.05, 4.69) is 31.0 Å². The lowest BCUT2D eigenvalue weighted by molar-refractivity contribution is -0.113. The average Bonchev–Trinajstić information content (AvgIpc) is 3.41. The van der Waals surface area contributed by atoms with Gasteiger partial charge in [-0.1, -0.05) is 58.4 Å². The molecule has 0 saturated carbocycles. The number of carbonyl (C=O) groups excluding carboxylic acids is 2. The van der Waals surface area contributed by atoms with Gasteiger partial charge in [-0.3, -0.25) is 19.5 Å². The number of nitrogens with zero attached hydrogens (tertiary/aromatic N) is 5. The van der Waals surface area contributed by atoms with Crippen LogP contribution in [-0.2, 0) is 11.3 Å². The van der Waals surface area contributed by atoms with Crippen LogP contribution in [0.25, 0.3) is 5.69 Å². The third kappa shape index (κ3) is 6.14. The maximum atomic E-state index is 14.1. The molecule has 0 spiro atoms. The van der Waals surface area contributed by atoms with Gasteiger partial charge in [-0.25, -0.2) is 4.39 Å². The van der Waals surface area contributed by atoms with Gasteiger partial charge in [-0.2, -0.15) is 0 Å². The fourth-order valence-corrected chi connectivity index (χ4v) is 4.79. The highest BCUT2D eigenvalue weighted by molar-refractivity contribution is 7.99. The van der Waals surface area contributed by atoms with E-state index in [9.17, 15) is 14.0 Å². The molecule has 2 N–H and O–H groups in total. The molecule has 14 heteroatoms. The zero-order valence-corrected chi connectivity index (χ0v) is 21.1. The van der Waals surface area contributed by atoms with E-state index in [0.29, 0.717) is 26.8 Å². The molecule has 2 heterocycles. The van der Waals surface area contributed by atoms with Crippen molar-refractivity contribution in [2.24, 2.45) is 0 Å². The zero-order chi connectivity index (χ0) is 24.9. The quantitative estimate of drug-likeness (QED) is 0.309. The minimum absolute atomic E-state index is 0.00770. The Labute approximate surface area is 217 Å². The molecule has 0 saturated heterocycles. The Morgan fingerprint density at radius 2 is 1.91 bits per heavy atom. The highest BCUT2D eigenvalue weighted by atomic mass is 35.5. The van der Waals surface area contributed by atoms with E-state index in [0.717, 1.165) is 22.8 Å². The lowest BCUT2D eigenvalue weighted by Gasteiger charge is -2.12. The molecule has 0 atom stereocenters. The van der Waals surface area contributed by atoms with Gasteiger partial charge in [0.1, 0.15) is 10.8 Å². The Kier molecular flexibility index (Phi) is 7.96. The first-order chi connectivity index (χ1) is 16.8. The third-order valence-electron chi connectivity index (χ3n) is 4.47. The number of carbonyl (C=O) groups is 2. The molecule has 0 radical (unpaired) electrons. The number of amides is 2. The molecule has 180 valence electrons. The van der Waals surface area contributed by atoms with Crippen molar-refractivity contribution in [2.75, 3.05) is 11.1 Å². The molecule has 0 unspecified atom stereocenters. The van der Waals surface area contributed by atoms with Gasteiger partial charge in [0.15, 0.2) is 11.0 Å². The number of hydrogen-bond acceptors (Lipinski definition) is 8. The van der Waals surface area contributed by atoms with Crippen molar-refractivity contribution in [1.29, 1.82) is 0 Å². The van der Waals surface area contributed by atoms with E-state index in [1.165, 1.54) is 23.5 Å². The van der Waals surface area contributed by atoms with Crippen LogP contribution in [0.3, 0.4) is 0 Å². The molecule has 9 nitrogen and oxygen atoms in total. The number of anilines is 1.